The second-order valence-electron chi connectivity index (χ2n) is 30.3. The third-order valence-electron chi connectivity index (χ3n) is 23.8. The summed E-state index contributed by atoms with van der Waals surface area (Å²) in [6, 6.07) is 142. The zero-order valence-corrected chi connectivity index (χ0v) is 62.6. The minimum atomic E-state index is 0.540. The van der Waals surface area contributed by atoms with E-state index in [1.807, 2.05) is 0 Å². The maximum atomic E-state index is 5.57. The Morgan fingerprint density at radius 2 is 0.457 bits per heavy atom. The van der Waals surface area contributed by atoms with Crippen LogP contribution in [0.15, 0.2) is 394 Å². The molecule has 9 heteroatoms. The molecule has 0 radical (unpaired) electrons. The average Bonchev–Trinajstić information content (AvgIpc) is 1.61. The third kappa shape index (κ3) is 10.5. The number of nitrogens with zero attached hydrogens (tertiary/aromatic N) is 9. The van der Waals surface area contributed by atoms with Crippen LogP contribution < -0.4 is 0 Å². The second-order valence-corrected chi connectivity index (χ2v) is 30.3. The topological polar surface area (TPSA) is 84.2 Å². The van der Waals surface area contributed by atoms with E-state index in [1.165, 1.54) is 27.1 Å². The van der Waals surface area contributed by atoms with Crippen molar-refractivity contribution in [2.24, 2.45) is 0 Å². The van der Waals surface area contributed by atoms with Crippen LogP contribution in [0, 0.1) is 0 Å². The number of hydrogen-bond donors (Lipinski definition) is 0. The van der Waals surface area contributed by atoms with E-state index in [-0.39, 0.29) is 0 Å². The number of aromatic nitrogens is 9. The first-order valence-corrected chi connectivity index (χ1v) is 39.4. The maximum Gasteiger partial charge on any atom is 0.238 e. The molecule has 0 saturated heterocycles. The maximum absolute atomic E-state index is 5.57. The lowest BCUT2D eigenvalue weighted by molar-refractivity contribution is 0.954. The number of fused-ring (bicyclic) bond motifs is 16. The molecule has 0 saturated carbocycles. The fourth-order valence-electron chi connectivity index (χ4n) is 18.3. The summed E-state index contributed by atoms with van der Waals surface area (Å²) in [5, 5.41) is 18.4. The fourth-order valence-corrected chi connectivity index (χ4v) is 18.3. The Hall–Kier alpha value is -15.7. The van der Waals surface area contributed by atoms with Crippen molar-refractivity contribution < 1.29 is 0 Å². The Kier molecular flexibility index (Phi) is 14.5. The normalized spacial score (nSPS) is 12.0. The van der Waals surface area contributed by atoms with Crippen molar-refractivity contribution in [3.8, 4) is 102 Å². The molecule has 0 amide bonds. The molecule has 0 aliphatic heterocycles. The monoisotopic (exact) mass is 1480 g/mol. The molecule has 538 valence electrons. The minimum absolute atomic E-state index is 0.540. The zero-order valence-electron chi connectivity index (χ0n) is 62.6. The Morgan fingerprint density at radius 3 is 0.922 bits per heavy atom. The van der Waals surface area contributed by atoms with Gasteiger partial charge in [-0.25, -0.2) is 15.0 Å². The predicted molar refractivity (Wildman–Crippen MR) is 481 cm³/mol. The fraction of sp³-hybridized carbons (Fsp3) is 0. The highest BCUT2D eigenvalue weighted by Crippen LogP contribution is 2.44. The molecule has 0 atom stereocenters. The van der Waals surface area contributed by atoms with Crippen molar-refractivity contribution in [1.29, 1.82) is 0 Å². The Bertz CT molecular complexity index is 8120. The van der Waals surface area contributed by atoms with Crippen LogP contribution in [0.1, 0.15) is 0 Å². The van der Waals surface area contributed by atoms with Crippen LogP contribution in [0.2, 0.25) is 0 Å². The van der Waals surface area contributed by atoms with Gasteiger partial charge in [0.2, 0.25) is 11.9 Å². The van der Waals surface area contributed by atoms with Crippen molar-refractivity contribution in [3.05, 3.63) is 394 Å². The molecular formula is C107H65N9. The Balaban J connectivity index is 0.588. The minimum Gasteiger partial charge on any atom is -0.309 e. The van der Waals surface area contributed by atoms with Gasteiger partial charge in [-0.2, -0.15) is 9.97 Å². The van der Waals surface area contributed by atoms with Gasteiger partial charge < -0.3 is 9.13 Å². The van der Waals surface area contributed by atoms with Crippen molar-refractivity contribution in [2.75, 3.05) is 0 Å². The van der Waals surface area contributed by atoms with Crippen molar-refractivity contribution in [3.63, 3.8) is 0 Å². The first-order chi connectivity index (χ1) is 57.5. The van der Waals surface area contributed by atoms with Gasteiger partial charge >= 0.3 is 0 Å². The summed E-state index contributed by atoms with van der Waals surface area (Å²) in [6.45, 7) is 0. The highest BCUT2D eigenvalue weighted by Gasteiger charge is 2.24. The van der Waals surface area contributed by atoms with Crippen molar-refractivity contribution in [1.82, 2.24) is 43.2 Å². The molecule has 0 bridgehead atoms. The van der Waals surface area contributed by atoms with E-state index in [4.69, 9.17) is 24.9 Å². The lowest BCUT2D eigenvalue weighted by Gasteiger charge is -2.14. The summed E-state index contributed by atoms with van der Waals surface area (Å²) >= 11 is 0. The molecule has 0 spiro atoms. The van der Waals surface area contributed by atoms with Crippen LogP contribution in [0.3, 0.4) is 0 Å². The van der Waals surface area contributed by atoms with E-state index in [1.54, 1.807) is 0 Å². The summed E-state index contributed by atoms with van der Waals surface area (Å²) in [5.74, 6) is 2.32. The largest absolute Gasteiger partial charge is 0.309 e. The van der Waals surface area contributed by atoms with Gasteiger partial charge in [0.15, 0.2) is 11.6 Å². The molecular weight excluding hydrogens is 1410 g/mol. The third-order valence-corrected chi connectivity index (χ3v) is 23.8. The van der Waals surface area contributed by atoms with Crippen molar-refractivity contribution in [2.45, 2.75) is 0 Å². The van der Waals surface area contributed by atoms with Gasteiger partial charge in [-0.15, -0.1) is 0 Å². The Morgan fingerprint density at radius 1 is 0.155 bits per heavy atom. The summed E-state index contributed by atoms with van der Waals surface area (Å²) in [4.78, 5) is 27.5. The average molecular weight is 1480 g/mol. The number of hydrogen-bond acceptors (Lipinski definition) is 5. The van der Waals surface area contributed by atoms with E-state index in [2.05, 4.69) is 413 Å². The first-order valence-electron chi connectivity index (χ1n) is 39.4. The van der Waals surface area contributed by atoms with Gasteiger partial charge in [-0.3, -0.25) is 9.13 Å². The number of rotatable bonds is 11. The molecule has 0 fully saturated rings. The molecule has 6 heterocycles. The molecule has 116 heavy (non-hydrogen) atoms. The predicted octanol–water partition coefficient (Wildman–Crippen LogP) is 27.3. The van der Waals surface area contributed by atoms with Crippen LogP contribution >= 0.6 is 0 Å². The molecule has 18 aromatic carbocycles. The van der Waals surface area contributed by atoms with Crippen LogP contribution in [-0.2, 0) is 0 Å². The number of para-hydroxylation sites is 5. The van der Waals surface area contributed by atoms with Gasteiger partial charge in [-0.1, -0.05) is 297 Å². The standard InChI is InChI=1S/C107H65N9/c1-2-26-80(27-3-1)113-96-36-14-10-30-86(96)90-54-48-74(61-100(90)113)77-51-57-93-89-33-13-17-39-99(89)116(103(93)64-77)107-111-104(78-44-40-66-20-4-5-23-70(66)59-78)110-105(112-107)79-45-43-72-58-71(41-42-73(72)60-79)67-46-52-81(53-47-67)114-97-37-15-11-31-87(97)91-55-49-75(62-101(91)114)76-50-56-92-88-32-12-16-38-98(88)115(102(92)63-76)106-108-94(84-34-18-24-68-21-6-8-28-82(68)84)65-95(109-106)85-35-19-25-69-22-7-9-29-83(69)85/h1-65H. The lowest BCUT2D eigenvalue weighted by Crippen LogP contribution is -2.06. The van der Waals surface area contributed by atoms with Gasteiger partial charge in [0, 0.05) is 76.7 Å². The zero-order chi connectivity index (χ0) is 76.1. The van der Waals surface area contributed by atoms with E-state index in [9.17, 15) is 0 Å². The second kappa shape index (κ2) is 25.9. The highest BCUT2D eigenvalue weighted by molar-refractivity contribution is 6.15. The van der Waals surface area contributed by atoms with Crippen LogP contribution in [0.5, 0.6) is 0 Å². The van der Waals surface area contributed by atoms with Crippen molar-refractivity contribution >= 4 is 130 Å². The van der Waals surface area contributed by atoms with Crippen LogP contribution in [0.25, 0.3) is 232 Å². The van der Waals surface area contributed by atoms with E-state index in [0.717, 1.165) is 182 Å². The lowest BCUT2D eigenvalue weighted by atomic mass is 9.99. The smallest absolute Gasteiger partial charge is 0.238 e. The van der Waals surface area contributed by atoms with Gasteiger partial charge in [0.1, 0.15) is 0 Å². The van der Waals surface area contributed by atoms with E-state index in [0.29, 0.717) is 23.5 Å². The summed E-state index contributed by atoms with van der Waals surface area (Å²) in [5.41, 5.74) is 23.1. The molecule has 24 aromatic rings. The quantitative estimate of drug-likeness (QED) is 0.129. The molecule has 0 aliphatic rings. The van der Waals surface area contributed by atoms with Gasteiger partial charge in [0.25, 0.3) is 0 Å². The molecule has 24 rings (SSSR count). The molecule has 6 aromatic heterocycles. The SMILES string of the molecule is c1ccc(-n2c3ccccc3c3ccc(-c4ccc5c6ccccc6n(-c6nc(-c7ccc8ccccc8c7)nc(-c7ccc8cc(-c9ccc(-n%10c%11ccccc%11c%11ccc(-c%12ccc%13c%14ccccc%14n(-c%14nc(-c%15cccc%16ccccc%15%16)cc(-c%15cccc%16ccccc%15%16)n%14)c%13c%12)cc%11%10)cc9)ccc8c7)n6)c5c4)cc32)cc1. The van der Waals surface area contributed by atoms with E-state index < -0.39 is 0 Å². The summed E-state index contributed by atoms with van der Waals surface area (Å²) < 4.78 is 9.30. The molecule has 9 nitrogen and oxygen atoms in total. The molecule has 0 unspecified atom stereocenters. The number of benzene rings is 18. The highest BCUT2D eigenvalue weighted by atomic mass is 15.2. The summed E-state index contributed by atoms with van der Waals surface area (Å²) in [6.07, 6.45) is 0. The molecule has 0 aliphatic carbocycles. The van der Waals surface area contributed by atoms with E-state index >= 15 is 0 Å². The van der Waals surface area contributed by atoms with Crippen LogP contribution in [-0.4, -0.2) is 43.2 Å². The van der Waals surface area contributed by atoms with Gasteiger partial charge in [-0.05, 0) is 174 Å². The van der Waals surface area contributed by atoms with Crippen LogP contribution in [0.4, 0.5) is 0 Å². The summed E-state index contributed by atoms with van der Waals surface area (Å²) in [7, 11) is 0. The molecule has 0 N–H and O–H groups in total. The Labute approximate surface area is 665 Å². The van der Waals surface area contributed by atoms with Gasteiger partial charge in [0.05, 0.1) is 55.5 Å². The first kappa shape index (κ1) is 65.0.